The van der Waals surface area contributed by atoms with Crippen LogP contribution in [0.3, 0.4) is 0 Å². The molecule has 1 heterocycles. The minimum absolute atomic E-state index is 0.00984. The number of carboxylic acid groups (broad SMARTS) is 1. The maximum atomic E-state index is 12.1. The Labute approximate surface area is 214 Å². The number of amides is 1. The second-order valence-corrected chi connectivity index (χ2v) is 9.13. The summed E-state index contributed by atoms with van der Waals surface area (Å²) in [5.74, 6) is -0.351. The first-order chi connectivity index (χ1) is 16.7. The van der Waals surface area contributed by atoms with Crippen LogP contribution in [0.15, 0.2) is 60.8 Å². The van der Waals surface area contributed by atoms with Gasteiger partial charge in [-0.1, -0.05) is 37.0 Å². The predicted molar refractivity (Wildman–Crippen MR) is 138 cm³/mol. The van der Waals surface area contributed by atoms with Crippen molar-refractivity contribution in [1.82, 2.24) is 10.3 Å². The molecule has 1 atom stereocenters. The van der Waals surface area contributed by atoms with Crippen LogP contribution in [0, 0.1) is 5.92 Å². The first-order valence-corrected chi connectivity index (χ1v) is 11.9. The van der Waals surface area contributed by atoms with Crippen LogP contribution < -0.4 is 15.4 Å². The van der Waals surface area contributed by atoms with Gasteiger partial charge in [0.05, 0.1) is 29.4 Å². The number of nitrogens with zero attached hydrogens (tertiary/aromatic N) is 1. The molecule has 3 rings (SSSR count). The van der Waals surface area contributed by atoms with Gasteiger partial charge in [-0.3, -0.25) is 14.6 Å². The number of hydrogen-bond acceptors (Lipinski definition) is 5. The summed E-state index contributed by atoms with van der Waals surface area (Å²) < 4.78 is 5.98. The summed E-state index contributed by atoms with van der Waals surface area (Å²) in [5, 5.41) is 15.8. The van der Waals surface area contributed by atoms with Crippen LogP contribution >= 0.6 is 23.2 Å². The van der Waals surface area contributed by atoms with E-state index < -0.39 is 5.97 Å². The van der Waals surface area contributed by atoms with Crippen LogP contribution in [0.4, 0.5) is 5.69 Å². The number of carbonyl (C=O) groups is 2. The van der Waals surface area contributed by atoms with Crippen LogP contribution in [0.1, 0.15) is 30.6 Å². The third-order valence-corrected chi connectivity index (χ3v) is 5.85. The number of carboxylic acids is 1. The molecule has 184 valence electrons. The molecule has 3 N–H and O–H groups in total. The molecule has 2 aromatic carbocycles. The number of aromatic nitrogens is 1. The second-order valence-electron chi connectivity index (χ2n) is 8.29. The summed E-state index contributed by atoms with van der Waals surface area (Å²) in [6.07, 6.45) is 1.55. The summed E-state index contributed by atoms with van der Waals surface area (Å²) in [6, 6.07) is 16.0. The van der Waals surface area contributed by atoms with Crippen molar-refractivity contribution in [3.8, 4) is 17.0 Å². The van der Waals surface area contributed by atoms with Crippen molar-refractivity contribution in [3.63, 3.8) is 0 Å². The highest BCUT2D eigenvalue weighted by Crippen LogP contribution is 2.29. The van der Waals surface area contributed by atoms with Gasteiger partial charge < -0.3 is 20.5 Å². The number of halogens is 2. The molecule has 1 amide bonds. The van der Waals surface area contributed by atoms with Gasteiger partial charge in [-0.15, -0.1) is 0 Å². The maximum Gasteiger partial charge on any atom is 0.305 e. The van der Waals surface area contributed by atoms with E-state index in [1.165, 1.54) is 0 Å². The minimum Gasteiger partial charge on any atom is -0.490 e. The SMILES string of the molecule is CC(C)[C@@H](COc1ccc(-c2ccc(Cl)cc2Cl)nc1)Nc1ccc(C(=O)NCCC(=O)O)cc1. The van der Waals surface area contributed by atoms with Crippen LogP contribution in [0.2, 0.25) is 10.0 Å². The summed E-state index contributed by atoms with van der Waals surface area (Å²) >= 11 is 12.2. The second kappa shape index (κ2) is 12.4. The lowest BCUT2D eigenvalue weighted by molar-refractivity contribution is -0.136. The van der Waals surface area contributed by atoms with Crippen molar-refractivity contribution in [2.75, 3.05) is 18.5 Å². The van der Waals surface area contributed by atoms with E-state index in [2.05, 4.69) is 29.5 Å². The Bertz CT molecular complexity index is 1150. The molecule has 0 unspecified atom stereocenters. The molecular weight excluding hydrogens is 489 g/mol. The number of aliphatic carboxylic acids is 1. The van der Waals surface area contributed by atoms with E-state index in [-0.39, 0.29) is 30.8 Å². The number of pyridine rings is 1. The normalized spacial score (nSPS) is 11.7. The highest BCUT2D eigenvalue weighted by molar-refractivity contribution is 6.36. The molecule has 1 aromatic heterocycles. The maximum absolute atomic E-state index is 12.1. The van der Waals surface area contributed by atoms with E-state index in [0.29, 0.717) is 28.0 Å². The molecule has 0 bridgehead atoms. The van der Waals surface area contributed by atoms with Gasteiger partial charge in [-0.2, -0.15) is 0 Å². The number of hydrogen-bond donors (Lipinski definition) is 3. The number of anilines is 1. The molecule has 0 saturated carbocycles. The average Bonchev–Trinajstić information content (AvgIpc) is 2.82. The summed E-state index contributed by atoms with van der Waals surface area (Å²) in [5.41, 5.74) is 2.83. The molecular formula is C26H27Cl2N3O4. The van der Waals surface area contributed by atoms with Crippen molar-refractivity contribution in [3.05, 3.63) is 76.4 Å². The van der Waals surface area contributed by atoms with Crippen LogP contribution in [-0.4, -0.2) is 41.2 Å². The fraction of sp³-hybridized carbons (Fsp3) is 0.269. The Morgan fingerprint density at radius 3 is 2.40 bits per heavy atom. The third-order valence-electron chi connectivity index (χ3n) is 5.30. The predicted octanol–water partition coefficient (Wildman–Crippen LogP) is 5.78. The Balaban J connectivity index is 1.56. The standard InChI is InChI=1S/C26H27Cl2N3O4/c1-16(2)24(31-19-6-3-17(4-7-19)26(34)29-12-11-25(32)33)15-35-20-8-10-23(30-14-20)21-9-5-18(27)13-22(21)28/h3-10,13-14,16,24,31H,11-12,15H2,1-2H3,(H,29,34)(H,32,33)/t24-/m1/s1. The third kappa shape index (κ3) is 7.87. The van der Waals surface area contributed by atoms with Gasteiger partial charge in [-0.05, 0) is 60.5 Å². The van der Waals surface area contributed by atoms with Crippen molar-refractivity contribution in [2.24, 2.45) is 5.92 Å². The number of benzene rings is 2. The molecule has 0 aliphatic carbocycles. The molecule has 0 radical (unpaired) electrons. The average molecular weight is 516 g/mol. The molecule has 0 aliphatic heterocycles. The minimum atomic E-state index is -0.954. The van der Waals surface area contributed by atoms with Crippen molar-refractivity contribution >= 4 is 40.8 Å². The van der Waals surface area contributed by atoms with Gasteiger partial charge in [0.15, 0.2) is 0 Å². The molecule has 35 heavy (non-hydrogen) atoms. The highest BCUT2D eigenvalue weighted by Gasteiger charge is 2.15. The van der Waals surface area contributed by atoms with Crippen LogP contribution in [-0.2, 0) is 4.79 Å². The monoisotopic (exact) mass is 515 g/mol. The number of rotatable bonds is 11. The lowest BCUT2D eigenvalue weighted by Gasteiger charge is -2.24. The van der Waals surface area contributed by atoms with Gasteiger partial charge in [0, 0.05) is 28.4 Å². The number of nitrogens with one attached hydrogen (secondary N) is 2. The fourth-order valence-electron chi connectivity index (χ4n) is 3.23. The van der Waals surface area contributed by atoms with Crippen molar-refractivity contribution in [1.29, 1.82) is 0 Å². The molecule has 3 aromatic rings. The van der Waals surface area contributed by atoms with Crippen molar-refractivity contribution in [2.45, 2.75) is 26.3 Å². The Morgan fingerprint density at radius 2 is 1.80 bits per heavy atom. The molecule has 0 saturated heterocycles. The van der Waals surface area contributed by atoms with E-state index in [9.17, 15) is 9.59 Å². The number of carbonyl (C=O) groups excluding carboxylic acids is 1. The molecule has 7 nitrogen and oxygen atoms in total. The van der Waals surface area contributed by atoms with Gasteiger partial charge in [0.1, 0.15) is 12.4 Å². The lowest BCUT2D eigenvalue weighted by atomic mass is 10.0. The van der Waals surface area contributed by atoms with E-state index in [0.717, 1.165) is 16.9 Å². The van der Waals surface area contributed by atoms with E-state index in [1.54, 1.807) is 30.5 Å². The summed E-state index contributed by atoms with van der Waals surface area (Å²) in [6.45, 7) is 4.69. The summed E-state index contributed by atoms with van der Waals surface area (Å²) in [7, 11) is 0. The van der Waals surface area contributed by atoms with Gasteiger partial charge >= 0.3 is 5.97 Å². The number of ether oxygens (including phenoxy) is 1. The van der Waals surface area contributed by atoms with E-state index >= 15 is 0 Å². The van der Waals surface area contributed by atoms with Crippen LogP contribution in [0.5, 0.6) is 5.75 Å². The largest absolute Gasteiger partial charge is 0.490 e. The van der Waals surface area contributed by atoms with E-state index in [4.69, 9.17) is 33.0 Å². The Kier molecular flexibility index (Phi) is 9.34. The fourth-order valence-corrected chi connectivity index (χ4v) is 3.73. The topological polar surface area (TPSA) is 101 Å². The van der Waals surface area contributed by atoms with Crippen molar-refractivity contribution < 1.29 is 19.4 Å². The molecule has 0 fully saturated rings. The zero-order chi connectivity index (χ0) is 25.4. The highest BCUT2D eigenvalue weighted by atomic mass is 35.5. The molecule has 0 spiro atoms. The first-order valence-electron chi connectivity index (χ1n) is 11.1. The zero-order valence-electron chi connectivity index (χ0n) is 19.4. The summed E-state index contributed by atoms with van der Waals surface area (Å²) in [4.78, 5) is 27.1. The quantitative estimate of drug-likeness (QED) is 0.299. The lowest BCUT2D eigenvalue weighted by Crippen LogP contribution is -2.32. The van der Waals surface area contributed by atoms with Gasteiger partial charge in [0.25, 0.3) is 5.91 Å². The Hall–Kier alpha value is -3.29. The zero-order valence-corrected chi connectivity index (χ0v) is 20.9. The van der Waals surface area contributed by atoms with E-state index in [1.807, 2.05) is 30.3 Å². The smallest absolute Gasteiger partial charge is 0.305 e. The molecule has 0 aliphatic rings. The first kappa shape index (κ1) is 26.3. The Morgan fingerprint density at radius 1 is 1.06 bits per heavy atom. The van der Waals surface area contributed by atoms with Crippen LogP contribution in [0.25, 0.3) is 11.3 Å². The van der Waals surface area contributed by atoms with Gasteiger partial charge in [0.2, 0.25) is 0 Å². The molecule has 9 heteroatoms. The van der Waals surface area contributed by atoms with Gasteiger partial charge in [-0.25, -0.2) is 0 Å².